The number of nitrogens with one attached hydrogen (secondary N) is 1. The molecule has 0 spiro atoms. The predicted molar refractivity (Wildman–Crippen MR) is 98.4 cm³/mol. The highest BCUT2D eigenvalue weighted by atomic mass is 16.5. The summed E-state index contributed by atoms with van der Waals surface area (Å²) >= 11 is 0. The smallest absolute Gasteiger partial charge is 0.339 e. The molecule has 3 rings (SSSR count). The number of rotatable bonds is 5. The molecule has 6 nitrogen and oxygen atoms in total. The van der Waals surface area contributed by atoms with Gasteiger partial charge in [-0.3, -0.25) is 9.78 Å². The second-order valence-corrected chi connectivity index (χ2v) is 5.68. The third-order valence-corrected chi connectivity index (χ3v) is 3.77. The summed E-state index contributed by atoms with van der Waals surface area (Å²) in [5.41, 5.74) is 2.41. The summed E-state index contributed by atoms with van der Waals surface area (Å²) in [6.07, 6.45) is 0. The number of hydrogen-bond donors (Lipinski definition) is 1. The van der Waals surface area contributed by atoms with Crippen LogP contribution in [0.4, 0.5) is 5.69 Å². The van der Waals surface area contributed by atoms with Gasteiger partial charge in [-0.05, 0) is 43.3 Å². The number of fused-ring (bicyclic) bond motifs is 1. The first kappa shape index (κ1) is 17.4. The molecule has 0 radical (unpaired) electrons. The van der Waals surface area contributed by atoms with Gasteiger partial charge in [0, 0.05) is 16.8 Å². The van der Waals surface area contributed by atoms with E-state index in [1.807, 2.05) is 18.2 Å². The van der Waals surface area contributed by atoms with Crippen molar-refractivity contribution in [3.63, 3.8) is 0 Å². The SMILES string of the molecule is COc1ccc(NC(=O)COC(=O)c2cc(C)nc3ccccc23)cc1. The van der Waals surface area contributed by atoms with E-state index < -0.39 is 11.9 Å². The van der Waals surface area contributed by atoms with Crippen LogP contribution in [0.3, 0.4) is 0 Å². The van der Waals surface area contributed by atoms with Crippen molar-refractivity contribution in [3.8, 4) is 5.75 Å². The molecule has 0 fully saturated rings. The van der Waals surface area contributed by atoms with Crippen LogP contribution >= 0.6 is 0 Å². The first-order valence-corrected chi connectivity index (χ1v) is 8.04. The minimum atomic E-state index is -0.559. The Morgan fingerprint density at radius 2 is 1.81 bits per heavy atom. The Kier molecular flexibility index (Phi) is 5.12. The lowest BCUT2D eigenvalue weighted by molar-refractivity contribution is -0.119. The Bertz CT molecular complexity index is 952. The van der Waals surface area contributed by atoms with Crippen LogP contribution in [0.5, 0.6) is 5.75 Å². The second kappa shape index (κ2) is 7.65. The predicted octanol–water partition coefficient (Wildman–Crippen LogP) is 3.35. The minimum absolute atomic E-state index is 0.374. The Hall–Kier alpha value is -3.41. The Morgan fingerprint density at radius 1 is 1.08 bits per heavy atom. The molecule has 132 valence electrons. The van der Waals surface area contributed by atoms with Gasteiger partial charge in [-0.15, -0.1) is 0 Å². The number of amides is 1. The molecule has 0 aliphatic rings. The van der Waals surface area contributed by atoms with Crippen molar-refractivity contribution >= 4 is 28.5 Å². The van der Waals surface area contributed by atoms with Gasteiger partial charge in [-0.2, -0.15) is 0 Å². The molecule has 0 saturated carbocycles. The van der Waals surface area contributed by atoms with E-state index in [0.717, 1.165) is 0 Å². The number of methoxy groups -OCH3 is 1. The Balaban J connectivity index is 1.66. The van der Waals surface area contributed by atoms with E-state index in [9.17, 15) is 9.59 Å². The number of hydrogen-bond acceptors (Lipinski definition) is 5. The molecule has 0 aliphatic carbocycles. The van der Waals surface area contributed by atoms with Crippen LogP contribution in [-0.4, -0.2) is 30.6 Å². The molecule has 26 heavy (non-hydrogen) atoms. The normalized spacial score (nSPS) is 10.4. The molecule has 0 unspecified atom stereocenters. The van der Waals surface area contributed by atoms with E-state index in [-0.39, 0.29) is 6.61 Å². The lowest BCUT2D eigenvalue weighted by atomic mass is 10.1. The van der Waals surface area contributed by atoms with E-state index >= 15 is 0 Å². The average molecular weight is 350 g/mol. The standard InChI is InChI=1S/C20H18N2O4/c1-13-11-17(16-5-3-4-6-18(16)21-13)20(24)26-12-19(23)22-14-7-9-15(25-2)10-8-14/h3-11H,12H2,1-2H3,(H,22,23). The van der Waals surface area contributed by atoms with Crippen LogP contribution in [0, 0.1) is 6.92 Å². The number of nitrogens with zero attached hydrogens (tertiary/aromatic N) is 1. The van der Waals surface area contributed by atoms with Gasteiger partial charge in [0.15, 0.2) is 6.61 Å². The molecule has 0 saturated heterocycles. The fraction of sp³-hybridized carbons (Fsp3) is 0.150. The second-order valence-electron chi connectivity index (χ2n) is 5.68. The van der Waals surface area contributed by atoms with Crippen molar-refractivity contribution in [1.82, 2.24) is 4.98 Å². The highest BCUT2D eigenvalue weighted by Gasteiger charge is 2.15. The number of benzene rings is 2. The maximum Gasteiger partial charge on any atom is 0.339 e. The van der Waals surface area contributed by atoms with Gasteiger partial charge in [0.1, 0.15) is 5.75 Å². The van der Waals surface area contributed by atoms with Gasteiger partial charge < -0.3 is 14.8 Å². The van der Waals surface area contributed by atoms with Crippen molar-refractivity contribution in [1.29, 1.82) is 0 Å². The van der Waals surface area contributed by atoms with Crippen LogP contribution in [0.25, 0.3) is 10.9 Å². The molecular weight excluding hydrogens is 332 g/mol. The van der Waals surface area contributed by atoms with Gasteiger partial charge in [0.05, 0.1) is 18.2 Å². The zero-order valence-electron chi connectivity index (χ0n) is 14.5. The molecule has 2 aromatic carbocycles. The average Bonchev–Trinajstić information content (AvgIpc) is 2.66. The maximum atomic E-state index is 12.4. The Labute approximate surface area is 150 Å². The topological polar surface area (TPSA) is 77.5 Å². The van der Waals surface area contributed by atoms with Crippen LogP contribution < -0.4 is 10.1 Å². The summed E-state index contributed by atoms with van der Waals surface area (Å²) in [6.45, 7) is 1.43. The lowest BCUT2D eigenvalue weighted by Gasteiger charge is -2.09. The van der Waals surface area contributed by atoms with Crippen molar-refractivity contribution in [3.05, 3.63) is 65.9 Å². The van der Waals surface area contributed by atoms with Crippen LogP contribution in [0.15, 0.2) is 54.6 Å². The largest absolute Gasteiger partial charge is 0.497 e. The molecule has 1 N–H and O–H groups in total. The number of esters is 1. The molecule has 1 aromatic heterocycles. The molecule has 0 atom stereocenters. The van der Waals surface area contributed by atoms with E-state index in [1.165, 1.54) is 0 Å². The highest BCUT2D eigenvalue weighted by molar-refractivity contribution is 6.04. The van der Waals surface area contributed by atoms with Gasteiger partial charge in [0.2, 0.25) is 0 Å². The maximum absolute atomic E-state index is 12.4. The van der Waals surface area contributed by atoms with E-state index in [0.29, 0.717) is 33.6 Å². The molecule has 6 heteroatoms. The summed E-state index contributed by atoms with van der Waals surface area (Å²) in [5, 5.41) is 3.36. The summed E-state index contributed by atoms with van der Waals surface area (Å²) in [6, 6.07) is 15.8. The third kappa shape index (κ3) is 3.97. The van der Waals surface area contributed by atoms with Gasteiger partial charge in [-0.25, -0.2) is 4.79 Å². The van der Waals surface area contributed by atoms with E-state index in [1.54, 1.807) is 50.4 Å². The quantitative estimate of drug-likeness (QED) is 0.714. The summed E-state index contributed by atoms with van der Waals surface area (Å²) in [5.74, 6) is -0.287. The number of anilines is 1. The number of pyridine rings is 1. The van der Waals surface area contributed by atoms with Crippen LogP contribution in [-0.2, 0) is 9.53 Å². The number of carbonyl (C=O) groups excluding carboxylic acids is 2. The van der Waals surface area contributed by atoms with Crippen molar-refractivity contribution in [2.24, 2.45) is 0 Å². The molecular formula is C20H18N2O4. The number of ether oxygens (including phenoxy) is 2. The number of carbonyl (C=O) groups is 2. The van der Waals surface area contributed by atoms with E-state index in [4.69, 9.17) is 9.47 Å². The molecule has 3 aromatic rings. The zero-order valence-corrected chi connectivity index (χ0v) is 14.5. The monoisotopic (exact) mass is 350 g/mol. The summed E-state index contributed by atoms with van der Waals surface area (Å²) in [4.78, 5) is 28.8. The zero-order chi connectivity index (χ0) is 18.5. The fourth-order valence-corrected chi connectivity index (χ4v) is 2.56. The first-order valence-electron chi connectivity index (χ1n) is 8.04. The highest BCUT2D eigenvalue weighted by Crippen LogP contribution is 2.19. The van der Waals surface area contributed by atoms with E-state index in [2.05, 4.69) is 10.3 Å². The summed E-state index contributed by atoms with van der Waals surface area (Å²) < 4.78 is 10.2. The number of aromatic nitrogens is 1. The minimum Gasteiger partial charge on any atom is -0.497 e. The van der Waals surface area contributed by atoms with Gasteiger partial charge in [0.25, 0.3) is 5.91 Å². The third-order valence-electron chi connectivity index (χ3n) is 3.77. The van der Waals surface area contributed by atoms with Crippen LogP contribution in [0.1, 0.15) is 16.1 Å². The van der Waals surface area contributed by atoms with Crippen molar-refractivity contribution < 1.29 is 19.1 Å². The molecule has 0 aliphatic heterocycles. The lowest BCUT2D eigenvalue weighted by Crippen LogP contribution is -2.21. The van der Waals surface area contributed by atoms with Crippen molar-refractivity contribution in [2.75, 3.05) is 19.0 Å². The first-order chi connectivity index (χ1) is 12.6. The van der Waals surface area contributed by atoms with Crippen molar-refractivity contribution in [2.45, 2.75) is 6.92 Å². The molecule has 1 amide bonds. The summed E-state index contributed by atoms with van der Waals surface area (Å²) in [7, 11) is 1.57. The Morgan fingerprint density at radius 3 is 2.54 bits per heavy atom. The fourth-order valence-electron chi connectivity index (χ4n) is 2.56. The van der Waals surface area contributed by atoms with Gasteiger partial charge >= 0.3 is 5.97 Å². The van der Waals surface area contributed by atoms with Gasteiger partial charge in [-0.1, -0.05) is 18.2 Å². The number of para-hydroxylation sites is 1. The van der Waals surface area contributed by atoms with Crippen LogP contribution in [0.2, 0.25) is 0 Å². The molecule has 0 bridgehead atoms. The molecule has 1 heterocycles. The number of aryl methyl sites for hydroxylation is 1.